The van der Waals surface area contributed by atoms with Crippen LogP contribution in [0.4, 0.5) is 0 Å². The fourth-order valence-corrected chi connectivity index (χ4v) is 1.62. The highest BCUT2D eigenvalue weighted by Gasteiger charge is 2.21. The molecule has 0 aliphatic heterocycles. The molecule has 1 heterocycles. The summed E-state index contributed by atoms with van der Waals surface area (Å²) < 4.78 is 1.88. The maximum atomic E-state index is 5.44. The van der Waals surface area contributed by atoms with Crippen LogP contribution < -0.4 is 11.1 Å². The molecule has 1 aromatic heterocycles. The van der Waals surface area contributed by atoms with Crippen LogP contribution >= 0.6 is 0 Å². The van der Waals surface area contributed by atoms with Crippen LogP contribution in [0, 0.1) is 0 Å². The molecule has 0 fully saturated rings. The molecular weight excluding hydrogens is 188 g/mol. The van der Waals surface area contributed by atoms with E-state index in [1.807, 2.05) is 11.7 Å². The van der Waals surface area contributed by atoms with E-state index in [1.54, 1.807) is 0 Å². The highest BCUT2D eigenvalue weighted by atomic mass is 15.3. The van der Waals surface area contributed by atoms with Gasteiger partial charge in [-0.3, -0.25) is 4.68 Å². The zero-order chi connectivity index (χ0) is 11.5. The molecule has 0 unspecified atom stereocenters. The van der Waals surface area contributed by atoms with Crippen molar-refractivity contribution in [3.8, 4) is 0 Å². The second kappa shape index (κ2) is 4.77. The van der Waals surface area contributed by atoms with E-state index in [0.29, 0.717) is 6.54 Å². The van der Waals surface area contributed by atoms with Gasteiger partial charge in [-0.05, 0) is 0 Å². The molecule has 0 aliphatic rings. The van der Waals surface area contributed by atoms with Gasteiger partial charge in [0, 0.05) is 43.9 Å². The maximum Gasteiger partial charge on any atom is 0.0722 e. The van der Waals surface area contributed by atoms with Crippen LogP contribution in [0.5, 0.6) is 0 Å². The zero-order valence-corrected chi connectivity index (χ0v) is 10.2. The van der Waals surface area contributed by atoms with E-state index in [1.165, 1.54) is 5.56 Å². The van der Waals surface area contributed by atoms with E-state index < -0.39 is 0 Å². The molecule has 4 nitrogen and oxygen atoms in total. The topological polar surface area (TPSA) is 55.9 Å². The molecule has 0 saturated carbocycles. The van der Waals surface area contributed by atoms with Crippen molar-refractivity contribution in [1.82, 2.24) is 15.1 Å². The molecular formula is C11H22N4. The van der Waals surface area contributed by atoms with Gasteiger partial charge in [0.2, 0.25) is 0 Å². The SMILES string of the molecule is Cn1cc(CNCCN)c(C(C)(C)C)n1. The summed E-state index contributed by atoms with van der Waals surface area (Å²) in [7, 11) is 1.96. The molecule has 0 bridgehead atoms. The van der Waals surface area contributed by atoms with Gasteiger partial charge in [0.05, 0.1) is 5.69 Å². The average molecular weight is 210 g/mol. The Kier molecular flexibility index (Phi) is 3.88. The minimum Gasteiger partial charge on any atom is -0.329 e. The third-order valence-corrected chi connectivity index (χ3v) is 2.25. The van der Waals surface area contributed by atoms with Crippen LogP contribution in [-0.4, -0.2) is 22.9 Å². The van der Waals surface area contributed by atoms with Crippen LogP contribution in [0.2, 0.25) is 0 Å². The van der Waals surface area contributed by atoms with E-state index >= 15 is 0 Å². The monoisotopic (exact) mass is 210 g/mol. The smallest absolute Gasteiger partial charge is 0.0722 e. The van der Waals surface area contributed by atoms with Crippen molar-refractivity contribution in [1.29, 1.82) is 0 Å². The molecule has 0 amide bonds. The maximum absolute atomic E-state index is 5.44. The van der Waals surface area contributed by atoms with Crippen molar-refractivity contribution in [3.05, 3.63) is 17.5 Å². The first kappa shape index (κ1) is 12.2. The third kappa shape index (κ3) is 3.32. The lowest BCUT2D eigenvalue weighted by Gasteiger charge is -2.17. The standard InChI is InChI=1S/C11H22N4/c1-11(2,3)10-9(7-13-6-5-12)8-15(4)14-10/h8,13H,5-7,12H2,1-4H3. The second-order valence-electron chi connectivity index (χ2n) is 4.89. The molecule has 15 heavy (non-hydrogen) atoms. The summed E-state index contributed by atoms with van der Waals surface area (Å²) in [4.78, 5) is 0. The number of nitrogens with zero attached hydrogens (tertiary/aromatic N) is 2. The first-order chi connectivity index (χ1) is 6.95. The van der Waals surface area contributed by atoms with E-state index in [-0.39, 0.29) is 5.41 Å². The predicted octanol–water partition coefficient (Wildman–Crippen LogP) is 0.766. The van der Waals surface area contributed by atoms with Crippen LogP contribution in [0.1, 0.15) is 32.0 Å². The summed E-state index contributed by atoms with van der Waals surface area (Å²) >= 11 is 0. The van der Waals surface area contributed by atoms with Crippen molar-refractivity contribution in [2.45, 2.75) is 32.7 Å². The molecule has 0 spiro atoms. The van der Waals surface area contributed by atoms with Crippen molar-refractivity contribution in [2.24, 2.45) is 12.8 Å². The van der Waals surface area contributed by atoms with Crippen LogP contribution in [-0.2, 0) is 19.0 Å². The Labute approximate surface area is 91.8 Å². The van der Waals surface area contributed by atoms with E-state index in [4.69, 9.17) is 5.73 Å². The van der Waals surface area contributed by atoms with E-state index in [9.17, 15) is 0 Å². The lowest BCUT2D eigenvalue weighted by Crippen LogP contribution is -2.23. The molecule has 0 aliphatic carbocycles. The number of aryl methyl sites for hydroxylation is 1. The minimum absolute atomic E-state index is 0.0982. The van der Waals surface area contributed by atoms with Crippen LogP contribution in [0.15, 0.2) is 6.20 Å². The second-order valence-corrected chi connectivity index (χ2v) is 4.89. The predicted molar refractivity (Wildman–Crippen MR) is 62.7 cm³/mol. The number of rotatable bonds is 4. The summed E-state index contributed by atoms with van der Waals surface area (Å²) in [5, 5.41) is 7.80. The summed E-state index contributed by atoms with van der Waals surface area (Å²) in [5.41, 5.74) is 7.96. The highest BCUT2D eigenvalue weighted by molar-refractivity contribution is 5.23. The van der Waals surface area contributed by atoms with Crippen LogP contribution in [0.3, 0.4) is 0 Å². The summed E-state index contributed by atoms with van der Waals surface area (Å²) in [6, 6.07) is 0. The fourth-order valence-electron chi connectivity index (χ4n) is 1.62. The van der Waals surface area contributed by atoms with Gasteiger partial charge in [-0.25, -0.2) is 0 Å². The number of nitrogens with two attached hydrogens (primary N) is 1. The average Bonchev–Trinajstić information content (AvgIpc) is 2.47. The molecule has 1 rings (SSSR count). The van der Waals surface area contributed by atoms with Crippen molar-refractivity contribution >= 4 is 0 Å². The Morgan fingerprint density at radius 3 is 2.67 bits per heavy atom. The molecule has 4 heteroatoms. The normalized spacial score (nSPS) is 12.1. The lowest BCUT2D eigenvalue weighted by molar-refractivity contribution is 0.544. The lowest BCUT2D eigenvalue weighted by atomic mass is 9.89. The van der Waals surface area contributed by atoms with Crippen molar-refractivity contribution < 1.29 is 0 Å². The molecule has 0 atom stereocenters. The van der Waals surface area contributed by atoms with Gasteiger partial charge in [0.25, 0.3) is 0 Å². The van der Waals surface area contributed by atoms with E-state index in [0.717, 1.165) is 18.8 Å². The molecule has 86 valence electrons. The number of hydrogen-bond acceptors (Lipinski definition) is 3. The largest absolute Gasteiger partial charge is 0.329 e. The number of nitrogens with one attached hydrogen (secondary N) is 1. The molecule has 0 radical (unpaired) electrons. The van der Waals surface area contributed by atoms with Crippen molar-refractivity contribution in [2.75, 3.05) is 13.1 Å². The zero-order valence-electron chi connectivity index (χ0n) is 10.2. The third-order valence-electron chi connectivity index (χ3n) is 2.25. The first-order valence-corrected chi connectivity index (χ1v) is 5.39. The number of aromatic nitrogens is 2. The Hall–Kier alpha value is -0.870. The molecule has 0 saturated heterocycles. The van der Waals surface area contributed by atoms with Gasteiger partial charge in [0.1, 0.15) is 0 Å². The van der Waals surface area contributed by atoms with Gasteiger partial charge in [-0.15, -0.1) is 0 Å². The Morgan fingerprint density at radius 2 is 2.13 bits per heavy atom. The van der Waals surface area contributed by atoms with E-state index in [2.05, 4.69) is 37.4 Å². The minimum atomic E-state index is 0.0982. The quantitative estimate of drug-likeness (QED) is 0.722. The van der Waals surface area contributed by atoms with Gasteiger partial charge in [0.15, 0.2) is 0 Å². The number of hydrogen-bond donors (Lipinski definition) is 2. The van der Waals surface area contributed by atoms with Gasteiger partial charge in [-0.1, -0.05) is 20.8 Å². The molecule has 3 N–H and O–H groups in total. The van der Waals surface area contributed by atoms with Gasteiger partial charge < -0.3 is 11.1 Å². The van der Waals surface area contributed by atoms with Crippen LogP contribution in [0.25, 0.3) is 0 Å². The van der Waals surface area contributed by atoms with Gasteiger partial charge in [-0.2, -0.15) is 5.10 Å². The molecule has 1 aromatic rings. The first-order valence-electron chi connectivity index (χ1n) is 5.39. The summed E-state index contributed by atoms with van der Waals surface area (Å²) in [6.45, 7) is 8.91. The Bertz CT molecular complexity index is 309. The Morgan fingerprint density at radius 1 is 1.47 bits per heavy atom. The summed E-state index contributed by atoms with van der Waals surface area (Å²) in [5.74, 6) is 0. The molecule has 0 aromatic carbocycles. The summed E-state index contributed by atoms with van der Waals surface area (Å²) in [6.07, 6.45) is 2.07. The van der Waals surface area contributed by atoms with Crippen molar-refractivity contribution in [3.63, 3.8) is 0 Å². The highest BCUT2D eigenvalue weighted by Crippen LogP contribution is 2.23. The fraction of sp³-hybridized carbons (Fsp3) is 0.727. The Balaban J connectivity index is 2.78. The van der Waals surface area contributed by atoms with Gasteiger partial charge >= 0.3 is 0 Å².